The second-order valence-electron chi connectivity index (χ2n) is 3.60. The molecule has 0 aliphatic rings. The standard InChI is InChI=1S/C12H13N3O2S/c1-17-8-2-3-10(11(13)4-8)12(16)15-6-9-5-14-7-18-9/h2-5,7H,6,13H2,1H3,(H,15,16). The first kappa shape index (κ1) is 12.4. The number of nitrogens with zero attached hydrogens (tertiary/aromatic N) is 1. The van der Waals surface area contributed by atoms with Crippen molar-refractivity contribution in [2.75, 3.05) is 12.8 Å². The van der Waals surface area contributed by atoms with Crippen molar-refractivity contribution in [2.24, 2.45) is 0 Å². The van der Waals surface area contributed by atoms with E-state index in [1.807, 2.05) is 0 Å². The van der Waals surface area contributed by atoms with E-state index in [9.17, 15) is 4.79 Å². The van der Waals surface area contributed by atoms with Gasteiger partial charge in [0.25, 0.3) is 5.91 Å². The zero-order valence-electron chi connectivity index (χ0n) is 9.84. The van der Waals surface area contributed by atoms with E-state index in [0.29, 0.717) is 23.5 Å². The van der Waals surface area contributed by atoms with Crippen molar-refractivity contribution in [3.63, 3.8) is 0 Å². The number of aromatic nitrogens is 1. The minimum absolute atomic E-state index is 0.205. The third-order valence-electron chi connectivity index (χ3n) is 2.41. The molecule has 94 valence electrons. The molecule has 3 N–H and O–H groups in total. The molecule has 1 amide bonds. The average molecular weight is 263 g/mol. The van der Waals surface area contributed by atoms with Crippen LogP contribution < -0.4 is 15.8 Å². The van der Waals surface area contributed by atoms with Crippen LogP contribution in [0.15, 0.2) is 29.9 Å². The molecule has 2 rings (SSSR count). The van der Waals surface area contributed by atoms with Crippen LogP contribution >= 0.6 is 11.3 Å². The molecule has 1 aromatic carbocycles. The number of benzene rings is 1. The Morgan fingerprint density at radius 3 is 3.00 bits per heavy atom. The van der Waals surface area contributed by atoms with Gasteiger partial charge >= 0.3 is 0 Å². The number of hydrogen-bond acceptors (Lipinski definition) is 5. The quantitative estimate of drug-likeness (QED) is 0.822. The fourth-order valence-electron chi connectivity index (χ4n) is 1.47. The Balaban J connectivity index is 2.04. The Kier molecular flexibility index (Phi) is 3.78. The number of anilines is 1. The summed E-state index contributed by atoms with van der Waals surface area (Å²) in [5.74, 6) is 0.426. The summed E-state index contributed by atoms with van der Waals surface area (Å²) in [6.07, 6.45) is 1.72. The number of carbonyl (C=O) groups excluding carboxylic acids is 1. The molecule has 1 heterocycles. The van der Waals surface area contributed by atoms with Crippen molar-refractivity contribution in [1.29, 1.82) is 0 Å². The van der Waals surface area contributed by atoms with Gasteiger partial charge in [0.1, 0.15) is 5.75 Å². The van der Waals surface area contributed by atoms with Gasteiger partial charge in [-0.3, -0.25) is 9.78 Å². The molecular formula is C12H13N3O2S. The molecule has 0 aliphatic heterocycles. The van der Waals surface area contributed by atoms with Crippen LogP contribution in [0.1, 0.15) is 15.2 Å². The molecular weight excluding hydrogens is 250 g/mol. The number of hydrogen-bond donors (Lipinski definition) is 2. The summed E-state index contributed by atoms with van der Waals surface area (Å²) in [6, 6.07) is 4.98. The first-order valence-corrected chi connectivity index (χ1v) is 6.17. The Morgan fingerprint density at radius 1 is 1.56 bits per heavy atom. The van der Waals surface area contributed by atoms with Crippen LogP contribution in [0.5, 0.6) is 5.75 Å². The van der Waals surface area contributed by atoms with Gasteiger partial charge in [-0.15, -0.1) is 11.3 Å². The van der Waals surface area contributed by atoms with Crippen molar-refractivity contribution in [3.8, 4) is 5.75 Å². The van der Waals surface area contributed by atoms with E-state index in [1.165, 1.54) is 11.3 Å². The molecule has 6 heteroatoms. The monoisotopic (exact) mass is 263 g/mol. The van der Waals surface area contributed by atoms with E-state index in [0.717, 1.165) is 4.88 Å². The van der Waals surface area contributed by atoms with Gasteiger partial charge in [-0.25, -0.2) is 0 Å². The maximum atomic E-state index is 11.9. The molecule has 2 aromatic rings. The largest absolute Gasteiger partial charge is 0.497 e. The number of nitrogens with two attached hydrogens (primary N) is 1. The summed E-state index contributed by atoms with van der Waals surface area (Å²) in [7, 11) is 1.55. The van der Waals surface area contributed by atoms with E-state index < -0.39 is 0 Å². The second-order valence-corrected chi connectivity index (χ2v) is 4.57. The minimum Gasteiger partial charge on any atom is -0.497 e. The Labute approximate surface area is 109 Å². The fourth-order valence-corrected chi connectivity index (χ4v) is 2.00. The molecule has 0 bridgehead atoms. The molecule has 0 unspecified atom stereocenters. The van der Waals surface area contributed by atoms with Gasteiger partial charge in [0.05, 0.1) is 24.7 Å². The maximum absolute atomic E-state index is 11.9. The molecule has 0 aliphatic carbocycles. The number of thiazole rings is 1. The number of methoxy groups -OCH3 is 1. The van der Waals surface area contributed by atoms with Gasteiger partial charge < -0.3 is 15.8 Å². The van der Waals surface area contributed by atoms with E-state index >= 15 is 0 Å². The third kappa shape index (κ3) is 2.78. The summed E-state index contributed by atoms with van der Waals surface area (Å²) in [5.41, 5.74) is 8.37. The molecule has 1 aromatic heterocycles. The van der Waals surface area contributed by atoms with Crippen LogP contribution in [0.3, 0.4) is 0 Å². The predicted octanol–water partition coefficient (Wildman–Crippen LogP) is 1.66. The Morgan fingerprint density at radius 2 is 2.39 bits per heavy atom. The predicted molar refractivity (Wildman–Crippen MR) is 70.7 cm³/mol. The number of ether oxygens (including phenoxy) is 1. The van der Waals surface area contributed by atoms with Crippen molar-refractivity contribution in [1.82, 2.24) is 10.3 Å². The van der Waals surface area contributed by atoms with Gasteiger partial charge in [-0.1, -0.05) is 0 Å². The number of carbonyl (C=O) groups is 1. The lowest BCUT2D eigenvalue weighted by Crippen LogP contribution is -2.23. The highest BCUT2D eigenvalue weighted by molar-refractivity contribution is 7.09. The van der Waals surface area contributed by atoms with E-state index in [2.05, 4.69) is 10.3 Å². The minimum atomic E-state index is -0.205. The molecule has 0 radical (unpaired) electrons. The van der Waals surface area contributed by atoms with Crippen LogP contribution in [0.2, 0.25) is 0 Å². The summed E-state index contributed by atoms with van der Waals surface area (Å²) in [6.45, 7) is 0.453. The van der Waals surface area contributed by atoms with Gasteiger partial charge in [0, 0.05) is 22.8 Å². The van der Waals surface area contributed by atoms with Crippen LogP contribution in [-0.2, 0) is 6.54 Å². The van der Waals surface area contributed by atoms with Crippen molar-refractivity contribution in [3.05, 3.63) is 40.3 Å². The molecule has 0 saturated heterocycles. The summed E-state index contributed by atoms with van der Waals surface area (Å²) in [4.78, 5) is 16.8. The molecule has 0 atom stereocenters. The third-order valence-corrected chi connectivity index (χ3v) is 3.19. The van der Waals surface area contributed by atoms with Crippen LogP contribution in [0, 0.1) is 0 Å². The fraction of sp³-hybridized carbons (Fsp3) is 0.167. The van der Waals surface area contributed by atoms with E-state index in [1.54, 1.807) is 37.0 Å². The second kappa shape index (κ2) is 5.50. The normalized spacial score (nSPS) is 10.1. The number of nitrogens with one attached hydrogen (secondary N) is 1. The number of amides is 1. The first-order chi connectivity index (χ1) is 8.70. The average Bonchev–Trinajstić information content (AvgIpc) is 2.88. The van der Waals surface area contributed by atoms with E-state index in [4.69, 9.17) is 10.5 Å². The number of nitrogen functional groups attached to an aromatic ring is 1. The lowest BCUT2D eigenvalue weighted by molar-refractivity contribution is 0.0952. The van der Waals surface area contributed by atoms with Gasteiger partial charge in [-0.2, -0.15) is 0 Å². The van der Waals surface area contributed by atoms with Crippen molar-refractivity contribution < 1.29 is 9.53 Å². The highest BCUT2D eigenvalue weighted by atomic mass is 32.1. The Hall–Kier alpha value is -2.08. The Bertz CT molecular complexity index is 540. The van der Waals surface area contributed by atoms with Gasteiger partial charge in [0.15, 0.2) is 0 Å². The molecule has 0 saturated carbocycles. The lowest BCUT2D eigenvalue weighted by Gasteiger charge is -2.08. The maximum Gasteiger partial charge on any atom is 0.253 e. The van der Waals surface area contributed by atoms with E-state index in [-0.39, 0.29) is 5.91 Å². The zero-order valence-corrected chi connectivity index (χ0v) is 10.7. The molecule has 18 heavy (non-hydrogen) atoms. The first-order valence-electron chi connectivity index (χ1n) is 5.30. The highest BCUT2D eigenvalue weighted by Gasteiger charge is 2.10. The zero-order chi connectivity index (χ0) is 13.0. The van der Waals surface area contributed by atoms with Crippen LogP contribution in [-0.4, -0.2) is 18.0 Å². The summed E-state index contributed by atoms with van der Waals surface area (Å²) >= 11 is 1.49. The SMILES string of the molecule is COc1ccc(C(=O)NCc2cncs2)c(N)c1. The highest BCUT2D eigenvalue weighted by Crippen LogP contribution is 2.19. The smallest absolute Gasteiger partial charge is 0.253 e. The molecule has 0 spiro atoms. The topological polar surface area (TPSA) is 77.2 Å². The summed E-state index contributed by atoms with van der Waals surface area (Å²) in [5, 5.41) is 2.79. The van der Waals surface area contributed by atoms with Gasteiger partial charge in [-0.05, 0) is 12.1 Å². The molecule has 5 nitrogen and oxygen atoms in total. The van der Waals surface area contributed by atoms with Crippen molar-refractivity contribution >= 4 is 22.9 Å². The van der Waals surface area contributed by atoms with Gasteiger partial charge in [0.2, 0.25) is 0 Å². The van der Waals surface area contributed by atoms with Crippen molar-refractivity contribution in [2.45, 2.75) is 6.54 Å². The molecule has 0 fully saturated rings. The van der Waals surface area contributed by atoms with Crippen LogP contribution in [0.4, 0.5) is 5.69 Å². The van der Waals surface area contributed by atoms with Crippen LogP contribution in [0.25, 0.3) is 0 Å². The summed E-state index contributed by atoms with van der Waals surface area (Å²) < 4.78 is 5.03. The lowest BCUT2D eigenvalue weighted by atomic mass is 10.1. The number of rotatable bonds is 4.